The number of carboxylic acids is 1. The molecule has 0 bridgehead atoms. The number of carbonyl (C=O) groups is 2. The fraction of sp³-hybridized carbons (Fsp3) is 0.647. The van der Waals surface area contributed by atoms with Crippen molar-refractivity contribution in [1.29, 1.82) is 0 Å². The van der Waals surface area contributed by atoms with E-state index < -0.39 is 45.1 Å². The van der Waals surface area contributed by atoms with Crippen molar-refractivity contribution in [2.45, 2.75) is 187 Å². The summed E-state index contributed by atoms with van der Waals surface area (Å²) in [7, 11) is -4.64. The summed E-state index contributed by atoms with van der Waals surface area (Å²) >= 11 is 0. The minimum Gasteiger partial charge on any atom is -0.480 e. The third kappa shape index (κ3) is 44.9. The maximum absolute atomic E-state index is 12.7. The quantitative estimate of drug-likeness (QED) is 0.0233. The summed E-state index contributed by atoms with van der Waals surface area (Å²) in [6.07, 6.45) is 60.4. The number of unbranched alkanes of at least 4 members (excludes halogenated alkanes) is 14. The molecule has 11 heteroatoms. The van der Waals surface area contributed by atoms with E-state index in [1.165, 1.54) is 51.4 Å². The lowest BCUT2D eigenvalue weighted by molar-refractivity contribution is -0.154. The highest BCUT2D eigenvalue weighted by Gasteiger charge is 2.27. The van der Waals surface area contributed by atoms with E-state index in [0.717, 1.165) is 96.3 Å². The highest BCUT2D eigenvalue weighted by molar-refractivity contribution is 7.47. The van der Waals surface area contributed by atoms with Crippen LogP contribution in [0.2, 0.25) is 0 Å². The molecule has 0 aromatic rings. The zero-order chi connectivity index (χ0) is 45.5. The Kier molecular flexibility index (Phi) is 43.6. The molecule has 0 saturated carbocycles. The van der Waals surface area contributed by atoms with Gasteiger partial charge >= 0.3 is 19.8 Å². The van der Waals surface area contributed by atoms with Crippen LogP contribution in [-0.4, -0.2) is 60.5 Å². The first kappa shape index (κ1) is 58.9. The Bertz CT molecular complexity index is 1350. The van der Waals surface area contributed by atoms with Crippen LogP contribution in [0.15, 0.2) is 97.2 Å². The molecule has 4 N–H and O–H groups in total. The third-order valence-electron chi connectivity index (χ3n) is 9.60. The number of allylic oxidation sites excluding steroid dienone is 16. The number of hydrogen-bond donors (Lipinski definition) is 3. The number of carbonyl (C=O) groups excluding carboxylic acids is 1. The number of carboxylic acid groups (broad SMARTS) is 1. The van der Waals surface area contributed by atoms with E-state index in [9.17, 15) is 19.0 Å². The Labute approximate surface area is 377 Å². The molecule has 0 saturated heterocycles. The van der Waals surface area contributed by atoms with Crippen LogP contribution in [0.5, 0.6) is 0 Å². The van der Waals surface area contributed by atoms with Gasteiger partial charge < -0.3 is 25.2 Å². The van der Waals surface area contributed by atoms with E-state index in [1.54, 1.807) is 0 Å². The molecule has 0 fully saturated rings. The summed E-state index contributed by atoms with van der Waals surface area (Å²) in [5.41, 5.74) is 5.36. The first-order valence-corrected chi connectivity index (χ1v) is 25.3. The minimum absolute atomic E-state index is 0.0224. The summed E-state index contributed by atoms with van der Waals surface area (Å²) in [5.74, 6) is -1.81. The molecular weight excluding hydrogens is 802 g/mol. The maximum Gasteiger partial charge on any atom is 0.472 e. The van der Waals surface area contributed by atoms with Gasteiger partial charge in [0.2, 0.25) is 0 Å². The van der Waals surface area contributed by atoms with Crippen molar-refractivity contribution in [2.24, 2.45) is 5.73 Å². The Morgan fingerprint density at radius 2 is 0.935 bits per heavy atom. The molecule has 0 rings (SSSR count). The van der Waals surface area contributed by atoms with E-state index in [4.69, 9.17) is 29.4 Å². The van der Waals surface area contributed by atoms with Crippen molar-refractivity contribution >= 4 is 19.8 Å². The average molecular weight is 888 g/mol. The molecule has 10 nitrogen and oxygen atoms in total. The van der Waals surface area contributed by atoms with Crippen LogP contribution in [-0.2, 0) is 32.7 Å². The number of nitrogens with two attached hydrogens (primary N) is 1. The molecule has 0 aromatic carbocycles. The SMILES string of the molecule is CC/C=C\C/C=C\C/C=C\C/C=C\C/C=C\C/C=C\C/C=C\CCCCOCC(COP(=O)(O)OCC(N)C(=O)O)OC(=O)CCCCCCC/C=C\CCCCCCCCC. The van der Waals surface area contributed by atoms with Gasteiger partial charge in [-0.2, -0.15) is 0 Å². The molecule has 0 aromatic heterocycles. The normalized spacial score (nSPS) is 14.6. The largest absolute Gasteiger partial charge is 0.480 e. The topological polar surface area (TPSA) is 155 Å². The van der Waals surface area contributed by atoms with Crippen LogP contribution in [0.1, 0.15) is 174 Å². The first-order valence-electron chi connectivity index (χ1n) is 23.8. The molecule has 3 unspecified atom stereocenters. The van der Waals surface area contributed by atoms with Gasteiger partial charge in [-0.25, -0.2) is 4.57 Å². The Balaban J connectivity index is 4.32. The molecule has 3 atom stereocenters. The predicted molar refractivity (Wildman–Crippen MR) is 258 cm³/mol. The van der Waals surface area contributed by atoms with Gasteiger partial charge in [0.05, 0.1) is 19.8 Å². The second-order valence-corrected chi connectivity index (χ2v) is 17.0. The fourth-order valence-electron chi connectivity index (χ4n) is 5.93. The van der Waals surface area contributed by atoms with Gasteiger partial charge in [0.1, 0.15) is 12.1 Å². The van der Waals surface area contributed by atoms with Crippen molar-refractivity contribution in [3.63, 3.8) is 0 Å². The molecule has 0 aliphatic rings. The standard InChI is InChI=1S/C51H86NO9P/c1-3-5-7-9-11-13-15-17-19-21-22-23-24-25-26-27-28-30-32-34-36-38-40-42-44-58-45-48(46-59-62(56,57)60-47-49(52)51(54)55)61-50(53)43-41-39-37-35-33-31-29-20-18-16-14-12-10-8-6-4-2/h5,7,11,13,17,19-20,22-23,25-26,28-30,34,36,48-49H,3-4,6,8-10,12,14-16,18,21,24,27,31-33,35,37-47,52H2,1-2H3,(H,54,55)(H,56,57)/b7-5-,13-11-,19-17-,23-22-,26-25-,29-20-,30-28-,36-34-. The summed E-state index contributed by atoms with van der Waals surface area (Å²) in [6, 6.07) is -1.49. The van der Waals surface area contributed by atoms with Crippen molar-refractivity contribution in [1.82, 2.24) is 0 Å². The van der Waals surface area contributed by atoms with Crippen LogP contribution in [0.4, 0.5) is 0 Å². The van der Waals surface area contributed by atoms with Gasteiger partial charge in [-0.15, -0.1) is 0 Å². The molecule has 0 aliphatic heterocycles. The predicted octanol–water partition coefficient (Wildman–Crippen LogP) is 13.7. The first-order chi connectivity index (χ1) is 30.2. The highest BCUT2D eigenvalue weighted by Crippen LogP contribution is 2.43. The van der Waals surface area contributed by atoms with Crippen molar-refractivity contribution in [3.05, 3.63) is 97.2 Å². The number of aliphatic carboxylic acids is 1. The number of hydrogen-bond acceptors (Lipinski definition) is 8. The molecule has 0 heterocycles. The summed E-state index contributed by atoms with van der Waals surface area (Å²) in [5, 5.41) is 8.91. The van der Waals surface area contributed by atoms with Gasteiger partial charge in [0.15, 0.2) is 0 Å². The smallest absolute Gasteiger partial charge is 0.472 e. The van der Waals surface area contributed by atoms with Crippen LogP contribution in [0, 0.1) is 0 Å². The molecule has 62 heavy (non-hydrogen) atoms. The van der Waals surface area contributed by atoms with E-state index in [-0.39, 0.29) is 13.0 Å². The molecular formula is C51H86NO9P. The molecule has 0 aliphatic carbocycles. The number of phosphoric acid groups is 1. The number of rotatable bonds is 44. The van der Waals surface area contributed by atoms with Crippen LogP contribution in [0.25, 0.3) is 0 Å². The maximum atomic E-state index is 12.7. The van der Waals surface area contributed by atoms with Crippen molar-refractivity contribution < 1.29 is 42.7 Å². The third-order valence-corrected chi connectivity index (χ3v) is 10.5. The number of ether oxygens (including phenoxy) is 2. The van der Waals surface area contributed by atoms with Crippen LogP contribution < -0.4 is 5.73 Å². The lowest BCUT2D eigenvalue weighted by atomic mass is 10.1. The lowest BCUT2D eigenvalue weighted by Crippen LogP contribution is -2.34. The molecule has 0 amide bonds. The summed E-state index contributed by atoms with van der Waals surface area (Å²) in [4.78, 5) is 33.6. The Morgan fingerprint density at radius 3 is 1.42 bits per heavy atom. The van der Waals surface area contributed by atoms with Crippen LogP contribution in [0.3, 0.4) is 0 Å². The second kappa shape index (κ2) is 45.9. The fourth-order valence-corrected chi connectivity index (χ4v) is 6.71. The van der Waals surface area contributed by atoms with E-state index in [2.05, 4.69) is 111 Å². The summed E-state index contributed by atoms with van der Waals surface area (Å²) in [6.45, 7) is 3.63. The van der Waals surface area contributed by atoms with E-state index >= 15 is 0 Å². The number of phosphoric ester groups is 1. The second-order valence-electron chi connectivity index (χ2n) is 15.5. The number of esters is 1. The van der Waals surface area contributed by atoms with Crippen molar-refractivity contribution in [2.75, 3.05) is 26.4 Å². The Hall–Kier alpha value is -3.11. The highest BCUT2D eigenvalue weighted by atomic mass is 31.2. The Morgan fingerprint density at radius 1 is 0.532 bits per heavy atom. The molecule has 354 valence electrons. The van der Waals surface area contributed by atoms with Crippen molar-refractivity contribution in [3.8, 4) is 0 Å². The molecule has 0 radical (unpaired) electrons. The summed E-state index contributed by atoms with van der Waals surface area (Å²) < 4.78 is 33.4. The van der Waals surface area contributed by atoms with Gasteiger partial charge in [-0.3, -0.25) is 18.6 Å². The van der Waals surface area contributed by atoms with Crippen LogP contribution >= 0.6 is 7.82 Å². The lowest BCUT2D eigenvalue weighted by Gasteiger charge is -2.20. The van der Waals surface area contributed by atoms with Gasteiger partial charge in [-0.05, 0) is 96.3 Å². The monoisotopic (exact) mass is 888 g/mol. The van der Waals surface area contributed by atoms with E-state index in [1.807, 2.05) is 0 Å². The van der Waals surface area contributed by atoms with Gasteiger partial charge in [0.25, 0.3) is 0 Å². The zero-order valence-electron chi connectivity index (χ0n) is 38.7. The van der Waals surface area contributed by atoms with Gasteiger partial charge in [-0.1, -0.05) is 169 Å². The zero-order valence-corrected chi connectivity index (χ0v) is 39.6. The molecule has 0 spiro atoms. The average Bonchev–Trinajstić information content (AvgIpc) is 3.25. The van der Waals surface area contributed by atoms with Gasteiger partial charge in [0, 0.05) is 13.0 Å². The van der Waals surface area contributed by atoms with E-state index in [0.29, 0.717) is 13.0 Å². The minimum atomic E-state index is -4.64.